The predicted molar refractivity (Wildman–Crippen MR) is 27.2 cm³/mol. The fourth-order valence-electron chi connectivity index (χ4n) is 0. The van der Waals surface area contributed by atoms with E-state index in [2.05, 4.69) is 0 Å². The van der Waals surface area contributed by atoms with Gasteiger partial charge >= 0.3 is 243 Å². The molecule has 0 aliphatic heterocycles. The molecule has 0 rings (SSSR count). The van der Waals surface area contributed by atoms with E-state index >= 15 is 0 Å². The Bertz CT molecular complexity index is 10.1. The van der Waals surface area contributed by atoms with Crippen molar-refractivity contribution in [1.29, 1.82) is 0 Å². The Morgan fingerprint density at radius 1 is 0.429 bits per heavy atom. The van der Waals surface area contributed by atoms with Crippen molar-refractivity contribution in [3.05, 3.63) is 0 Å². The van der Waals surface area contributed by atoms with E-state index in [4.69, 9.17) is 0 Å². The van der Waals surface area contributed by atoms with E-state index in [1.807, 2.05) is 0 Å². The molecule has 7 heavy (non-hydrogen) atoms. The summed E-state index contributed by atoms with van der Waals surface area (Å²) in [6, 6.07) is 0. The fourth-order valence-corrected chi connectivity index (χ4v) is 0. The van der Waals surface area contributed by atoms with Crippen molar-refractivity contribution < 1.29 is 154 Å². The normalized spacial score (nSPS) is 0. The summed E-state index contributed by atoms with van der Waals surface area (Å²) in [4.78, 5) is 0. The molecule has 0 heterocycles. The van der Waals surface area contributed by atoms with Gasteiger partial charge in [-0.1, -0.05) is 0 Å². The average Bonchev–Trinajstić information content (AvgIpc) is 0. The second-order valence-electron chi connectivity index (χ2n) is 0. The number of hydrogen-bond donors (Lipinski definition) is 0. The van der Waals surface area contributed by atoms with Gasteiger partial charge in [0, 0.05) is 0 Å². The van der Waals surface area contributed by atoms with Gasteiger partial charge in [0.05, 0.1) is 0 Å². The Balaban J connectivity index is 0. The van der Waals surface area contributed by atoms with Gasteiger partial charge in [-0.15, -0.1) is 0 Å². The van der Waals surface area contributed by atoms with E-state index in [1.54, 1.807) is 0 Å². The summed E-state index contributed by atoms with van der Waals surface area (Å²) in [5.74, 6) is 0. The SMILES string of the molecule is [As-3].[K+].[K+].[K+].[NaH].[NaH].[NaH]. The van der Waals surface area contributed by atoms with Crippen molar-refractivity contribution >= 4 is 107 Å². The summed E-state index contributed by atoms with van der Waals surface area (Å²) >= 11 is 0. The zero-order valence-corrected chi connectivity index (χ0v) is 14.7. The first-order valence-electron chi connectivity index (χ1n) is 0. The average molecular weight is 264 g/mol. The van der Waals surface area contributed by atoms with Crippen molar-refractivity contribution in [2.75, 3.05) is 0 Å². The fraction of sp³-hybridized carbons (Fsp3) is 0. The van der Waals surface area contributed by atoms with Gasteiger partial charge in [0.15, 0.2) is 0 Å². The second kappa shape index (κ2) is 36.6. The summed E-state index contributed by atoms with van der Waals surface area (Å²) in [6.45, 7) is 0. The Labute approximate surface area is 251 Å². The molecule has 0 saturated carbocycles. The molecule has 0 aromatic carbocycles. The van der Waals surface area contributed by atoms with Crippen molar-refractivity contribution in [3.63, 3.8) is 0 Å². The van der Waals surface area contributed by atoms with Gasteiger partial charge in [-0.2, -0.15) is 0 Å². The molecule has 7 heteroatoms. The van der Waals surface area contributed by atoms with Crippen LogP contribution in [0.4, 0.5) is 0 Å². The molecule has 0 spiro atoms. The molecule has 0 nitrogen and oxygen atoms in total. The topological polar surface area (TPSA) is 0 Å². The molecule has 0 aromatic rings. The van der Waals surface area contributed by atoms with Gasteiger partial charge in [-0.05, 0) is 0 Å². The second-order valence-corrected chi connectivity index (χ2v) is 0. The molecule has 0 aromatic heterocycles. The maximum atomic E-state index is 0. The molecule has 0 aliphatic carbocycles. The van der Waals surface area contributed by atoms with Crippen molar-refractivity contribution in [1.82, 2.24) is 0 Å². The summed E-state index contributed by atoms with van der Waals surface area (Å²) in [5, 5.41) is 0. The minimum absolute atomic E-state index is 0. The quantitative estimate of drug-likeness (QED) is 0.381. The first-order chi connectivity index (χ1) is 0. The third kappa shape index (κ3) is 31.4. The Kier molecular flexibility index (Phi) is 236. The van der Waals surface area contributed by atoms with Crippen molar-refractivity contribution in [2.45, 2.75) is 0 Å². The van der Waals surface area contributed by atoms with Crippen molar-refractivity contribution in [2.24, 2.45) is 0 Å². The molecule has 0 fully saturated rings. The van der Waals surface area contributed by atoms with Gasteiger partial charge in [0.2, 0.25) is 0 Å². The minimum atomic E-state index is 0. The van der Waals surface area contributed by atoms with Gasteiger partial charge in [-0.3, -0.25) is 0 Å². The van der Waals surface area contributed by atoms with Crippen LogP contribution in [0, 0.1) is 0 Å². The summed E-state index contributed by atoms with van der Waals surface area (Å²) < 4.78 is 0. The molecule has 0 aliphatic rings. The molecule has 0 atom stereocenters. The van der Waals surface area contributed by atoms with E-state index in [1.165, 1.54) is 0 Å². The van der Waals surface area contributed by atoms with Crippen molar-refractivity contribution in [3.8, 4) is 0 Å². The monoisotopic (exact) mass is 264 g/mol. The summed E-state index contributed by atoms with van der Waals surface area (Å²) in [7, 11) is 0. The van der Waals surface area contributed by atoms with Crippen LogP contribution in [-0.2, 0) is 0 Å². The van der Waals surface area contributed by atoms with Gasteiger partial charge < -0.3 is 18.0 Å². The Morgan fingerprint density at radius 2 is 0.429 bits per heavy atom. The van der Waals surface area contributed by atoms with Crippen LogP contribution >= 0.6 is 0 Å². The maximum absolute atomic E-state index is 0. The van der Waals surface area contributed by atoms with Gasteiger partial charge in [-0.25, -0.2) is 0 Å². The summed E-state index contributed by atoms with van der Waals surface area (Å²) in [5.41, 5.74) is 0. The van der Waals surface area contributed by atoms with Crippen LogP contribution in [-0.4, -0.2) is 107 Å². The van der Waals surface area contributed by atoms with Crippen LogP contribution in [0.1, 0.15) is 0 Å². The van der Waals surface area contributed by atoms with Crippen LogP contribution in [0.2, 0.25) is 0 Å². The van der Waals surface area contributed by atoms with Crippen LogP contribution in [0.3, 0.4) is 0 Å². The van der Waals surface area contributed by atoms with Crippen LogP contribution in [0.5, 0.6) is 0 Å². The summed E-state index contributed by atoms with van der Waals surface area (Å²) in [6.07, 6.45) is 0. The van der Waals surface area contributed by atoms with E-state index in [0.29, 0.717) is 0 Å². The Hall–Kier alpha value is 8.47. The first-order valence-corrected chi connectivity index (χ1v) is 0. The van der Waals surface area contributed by atoms with Crippen LogP contribution in [0.15, 0.2) is 0 Å². The predicted octanol–water partition coefficient (Wildman–Crippen LogP) is -11.3. The Morgan fingerprint density at radius 3 is 0.429 bits per heavy atom. The molecule has 0 radical (unpaired) electrons. The van der Waals surface area contributed by atoms with E-state index < -0.39 is 0 Å². The van der Waals surface area contributed by atoms with Crippen LogP contribution < -0.4 is 154 Å². The van der Waals surface area contributed by atoms with Gasteiger partial charge in [0.25, 0.3) is 0 Å². The molecule has 0 saturated heterocycles. The molecule has 0 N–H and O–H groups in total. The van der Waals surface area contributed by atoms with E-state index in [0.717, 1.165) is 0 Å². The van der Waals surface area contributed by atoms with E-state index in [9.17, 15) is 0 Å². The standard InChI is InChI=1S/As.3K.3Na.3H/q-3;3*+1;;;;;;. The molecular weight excluding hydrogens is 261 g/mol. The molecule has 0 bridgehead atoms. The zero-order valence-electron chi connectivity index (χ0n) is 3.45. The first kappa shape index (κ1) is 45.2. The van der Waals surface area contributed by atoms with Gasteiger partial charge in [0.1, 0.15) is 0 Å². The third-order valence-electron chi connectivity index (χ3n) is 0. The number of hydrogen-bond acceptors (Lipinski definition) is 0. The molecule has 14 valence electrons. The molecule has 0 unspecified atom stereocenters. The molecular formula is H3AsK3Na3. The number of rotatable bonds is 0. The zero-order chi connectivity index (χ0) is 0. The third-order valence-corrected chi connectivity index (χ3v) is 0. The molecule has 0 amide bonds. The van der Waals surface area contributed by atoms with Crippen LogP contribution in [0.25, 0.3) is 0 Å². The van der Waals surface area contributed by atoms with E-state index in [-0.39, 0.29) is 261 Å².